The van der Waals surface area contributed by atoms with E-state index in [0.29, 0.717) is 0 Å². The first-order chi connectivity index (χ1) is 12.2. The van der Waals surface area contributed by atoms with Crippen LogP contribution in [0.5, 0.6) is 0 Å². The molecule has 0 bridgehead atoms. The Morgan fingerprint density at radius 1 is 1.16 bits per heavy atom. The van der Waals surface area contributed by atoms with Crippen LogP contribution in [0.4, 0.5) is 5.82 Å². The summed E-state index contributed by atoms with van der Waals surface area (Å²) in [6.07, 6.45) is 8.70. The minimum atomic E-state index is 0.769. The third kappa shape index (κ3) is 3.19. The number of pyridine rings is 1. The molecule has 1 aliphatic heterocycles. The second-order valence-electron chi connectivity index (χ2n) is 6.99. The third-order valence-corrected chi connectivity index (χ3v) is 5.56. The van der Waals surface area contributed by atoms with Crippen molar-refractivity contribution in [2.75, 3.05) is 38.1 Å². The molecule has 3 nitrogen and oxygen atoms in total. The molecule has 0 spiro atoms. The van der Waals surface area contributed by atoms with E-state index in [4.69, 9.17) is 16.6 Å². The monoisotopic (exact) mass is 353 g/mol. The molecule has 0 radical (unpaired) electrons. The highest BCUT2D eigenvalue weighted by atomic mass is 35.5. The van der Waals surface area contributed by atoms with Gasteiger partial charge in [0.2, 0.25) is 0 Å². The number of likely N-dealkylation sites (N-methyl/N-ethyl adjacent to an activating group) is 1. The summed E-state index contributed by atoms with van der Waals surface area (Å²) in [5.74, 6) is 1.16. The molecule has 0 atom stereocenters. The van der Waals surface area contributed by atoms with Gasteiger partial charge in [-0.2, -0.15) is 0 Å². The maximum absolute atomic E-state index is 6.28. The van der Waals surface area contributed by atoms with Gasteiger partial charge in [-0.25, -0.2) is 4.98 Å². The predicted molar refractivity (Wildman–Crippen MR) is 108 cm³/mol. The maximum Gasteiger partial charge on any atom is 0.133 e. The van der Waals surface area contributed by atoms with E-state index in [9.17, 15) is 0 Å². The molecule has 2 aromatic rings. The van der Waals surface area contributed by atoms with E-state index in [-0.39, 0.29) is 0 Å². The van der Waals surface area contributed by atoms with Gasteiger partial charge >= 0.3 is 0 Å². The summed E-state index contributed by atoms with van der Waals surface area (Å²) in [6.45, 7) is 6.46. The smallest absolute Gasteiger partial charge is 0.133 e. The van der Waals surface area contributed by atoms with E-state index in [1.54, 1.807) is 0 Å². The largest absolute Gasteiger partial charge is 0.354 e. The van der Waals surface area contributed by atoms with E-state index in [0.717, 1.165) is 60.8 Å². The fraction of sp³-hybridized carbons (Fsp3) is 0.381. The lowest BCUT2D eigenvalue weighted by molar-refractivity contribution is 0.312. The fourth-order valence-electron chi connectivity index (χ4n) is 3.74. The summed E-state index contributed by atoms with van der Waals surface area (Å²) < 4.78 is 0. The number of halogens is 1. The Labute approximate surface area is 154 Å². The van der Waals surface area contributed by atoms with Crippen molar-refractivity contribution in [1.82, 2.24) is 9.88 Å². The lowest BCUT2D eigenvalue weighted by atomic mass is 9.96. The van der Waals surface area contributed by atoms with Crippen LogP contribution >= 0.6 is 11.6 Å². The summed E-state index contributed by atoms with van der Waals surface area (Å²) >= 11 is 6.28. The minimum absolute atomic E-state index is 0.769. The topological polar surface area (TPSA) is 19.4 Å². The van der Waals surface area contributed by atoms with E-state index in [1.165, 1.54) is 16.7 Å². The zero-order valence-corrected chi connectivity index (χ0v) is 15.7. The van der Waals surface area contributed by atoms with Crippen molar-refractivity contribution in [2.24, 2.45) is 0 Å². The number of allylic oxidation sites excluding steroid dienone is 3. The third-order valence-electron chi connectivity index (χ3n) is 5.33. The highest BCUT2D eigenvalue weighted by Gasteiger charge is 2.23. The Balaban J connectivity index is 1.90. The molecule has 0 saturated carbocycles. The molecule has 1 aromatic heterocycles. The van der Waals surface area contributed by atoms with Crippen molar-refractivity contribution in [1.29, 1.82) is 0 Å². The quantitative estimate of drug-likeness (QED) is 0.789. The van der Waals surface area contributed by atoms with Crippen molar-refractivity contribution in [3.05, 3.63) is 52.1 Å². The first-order valence-electron chi connectivity index (χ1n) is 9.07. The Morgan fingerprint density at radius 2 is 1.96 bits per heavy atom. The number of hydrogen-bond acceptors (Lipinski definition) is 3. The summed E-state index contributed by atoms with van der Waals surface area (Å²) in [7, 11) is 2.19. The molecule has 4 heteroatoms. The van der Waals surface area contributed by atoms with Gasteiger partial charge in [-0.1, -0.05) is 42.3 Å². The normalized spacial score (nSPS) is 18.2. The van der Waals surface area contributed by atoms with Gasteiger partial charge in [0.05, 0.1) is 5.52 Å². The predicted octanol–water partition coefficient (Wildman–Crippen LogP) is 4.55. The molecule has 1 fully saturated rings. The van der Waals surface area contributed by atoms with E-state index in [2.05, 4.69) is 48.1 Å². The van der Waals surface area contributed by atoms with Crippen molar-refractivity contribution in [3.63, 3.8) is 0 Å². The number of aromatic nitrogens is 1. The van der Waals surface area contributed by atoms with Gasteiger partial charge in [0.25, 0.3) is 0 Å². The number of rotatable bonds is 2. The van der Waals surface area contributed by atoms with E-state index in [1.807, 2.05) is 12.1 Å². The molecule has 0 amide bonds. The van der Waals surface area contributed by atoms with Gasteiger partial charge in [-0.3, -0.25) is 0 Å². The van der Waals surface area contributed by atoms with Crippen LogP contribution in [-0.2, 0) is 6.42 Å². The van der Waals surface area contributed by atoms with E-state index < -0.39 is 0 Å². The number of anilines is 1. The van der Waals surface area contributed by atoms with Gasteiger partial charge in [0.1, 0.15) is 5.82 Å². The number of piperazine rings is 1. The molecular formula is C21H24ClN3. The molecule has 1 saturated heterocycles. The van der Waals surface area contributed by atoms with Gasteiger partial charge in [0, 0.05) is 42.2 Å². The number of benzene rings is 1. The summed E-state index contributed by atoms with van der Waals surface area (Å²) in [6, 6.07) is 6.04. The molecular weight excluding hydrogens is 330 g/mol. The van der Waals surface area contributed by atoms with Crippen LogP contribution in [0, 0.1) is 0 Å². The Bertz CT molecular complexity index is 861. The summed E-state index contributed by atoms with van der Waals surface area (Å²) in [4.78, 5) is 9.92. The van der Waals surface area contributed by atoms with Crippen molar-refractivity contribution >= 4 is 34.4 Å². The van der Waals surface area contributed by atoms with Crippen LogP contribution in [0.1, 0.15) is 24.5 Å². The average Bonchev–Trinajstić information content (AvgIpc) is 2.84. The minimum Gasteiger partial charge on any atom is -0.354 e. The fourth-order valence-corrected chi connectivity index (χ4v) is 3.91. The molecule has 25 heavy (non-hydrogen) atoms. The van der Waals surface area contributed by atoms with Gasteiger partial charge < -0.3 is 9.80 Å². The molecule has 4 rings (SSSR count). The van der Waals surface area contributed by atoms with Crippen LogP contribution in [0.25, 0.3) is 17.0 Å². The highest BCUT2D eigenvalue weighted by Crippen LogP contribution is 2.35. The zero-order chi connectivity index (χ0) is 17.4. The summed E-state index contributed by atoms with van der Waals surface area (Å²) in [5.41, 5.74) is 5.11. The van der Waals surface area contributed by atoms with Crippen molar-refractivity contribution in [2.45, 2.75) is 19.8 Å². The summed E-state index contributed by atoms with van der Waals surface area (Å²) in [5, 5.41) is 1.92. The van der Waals surface area contributed by atoms with Gasteiger partial charge in [-0.05, 0) is 43.7 Å². The first-order valence-corrected chi connectivity index (χ1v) is 9.45. The zero-order valence-electron chi connectivity index (χ0n) is 14.9. The second-order valence-corrected chi connectivity index (χ2v) is 7.43. The Hall–Kier alpha value is -1.84. The lowest BCUT2D eigenvalue weighted by Gasteiger charge is -2.35. The molecule has 0 unspecified atom stereocenters. The molecule has 1 aliphatic carbocycles. The molecule has 130 valence electrons. The van der Waals surface area contributed by atoms with E-state index >= 15 is 0 Å². The Morgan fingerprint density at radius 3 is 2.72 bits per heavy atom. The van der Waals surface area contributed by atoms with Gasteiger partial charge in [0.15, 0.2) is 0 Å². The average molecular weight is 354 g/mol. The number of fused-ring (bicyclic) bond motifs is 3. The lowest BCUT2D eigenvalue weighted by Crippen LogP contribution is -2.45. The highest BCUT2D eigenvalue weighted by molar-refractivity contribution is 6.31. The first kappa shape index (κ1) is 16.6. The van der Waals surface area contributed by atoms with Crippen LogP contribution in [0.15, 0.2) is 35.9 Å². The number of nitrogens with zero attached hydrogens (tertiary/aromatic N) is 3. The van der Waals surface area contributed by atoms with Crippen LogP contribution in [0.3, 0.4) is 0 Å². The van der Waals surface area contributed by atoms with Crippen molar-refractivity contribution in [3.8, 4) is 0 Å². The van der Waals surface area contributed by atoms with Crippen LogP contribution in [0.2, 0.25) is 5.02 Å². The maximum atomic E-state index is 6.28. The van der Waals surface area contributed by atoms with Gasteiger partial charge in [-0.15, -0.1) is 0 Å². The molecule has 2 heterocycles. The molecule has 1 aromatic carbocycles. The standard InChI is InChI=1S/C21H24ClN3/c1-3-15-5-4-6-17-18-14-16(22)7-8-20(18)23-21(19(17)13-15)25-11-9-24(2)10-12-25/h4-8,14H,3,9-13H2,1-2H3. The van der Waals surface area contributed by atoms with Crippen LogP contribution in [-0.4, -0.2) is 43.1 Å². The number of hydrogen-bond donors (Lipinski definition) is 0. The Kier molecular flexibility index (Phi) is 4.53. The van der Waals surface area contributed by atoms with Crippen LogP contribution < -0.4 is 4.90 Å². The SMILES string of the molecule is CCC1=CC=Cc2c(c(N3CCN(C)CC3)nc3ccc(Cl)cc23)C1. The molecule has 2 aliphatic rings. The molecule has 0 N–H and O–H groups in total. The second kappa shape index (κ2) is 6.81. The van der Waals surface area contributed by atoms with Crippen molar-refractivity contribution < 1.29 is 0 Å².